The standard InChI is InChI=1S/C24H34N2/c1-2-8-16(9-3-1)26-21-13-7-5-11-18(21)24-22(26)15-14-20-23(24)17-10-4-6-12-19(17)25-20/h1-3,8-9,17-25H,4-7,10-15H2. The van der Waals surface area contributed by atoms with Gasteiger partial charge in [0.1, 0.15) is 0 Å². The van der Waals surface area contributed by atoms with Crippen molar-refractivity contribution in [2.45, 2.75) is 88.4 Å². The van der Waals surface area contributed by atoms with Gasteiger partial charge in [0.2, 0.25) is 0 Å². The highest BCUT2D eigenvalue weighted by Crippen LogP contribution is 2.57. The Morgan fingerprint density at radius 2 is 1.42 bits per heavy atom. The van der Waals surface area contributed by atoms with Crippen LogP contribution in [0.3, 0.4) is 0 Å². The van der Waals surface area contributed by atoms with E-state index in [1.807, 2.05) is 0 Å². The molecule has 1 aromatic carbocycles. The number of rotatable bonds is 1. The lowest BCUT2D eigenvalue weighted by molar-refractivity contribution is 0.104. The second kappa shape index (κ2) is 6.26. The molecule has 2 saturated heterocycles. The number of hydrogen-bond acceptors (Lipinski definition) is 2. The third-order valence-corrected chi connectivity index (χ3v) is 8.91. The second-order valence-electron chi connectivity index (χ2n) is 9.89. The summed E-state index contributed by atoms with van der Waals surface area (Å²) in [6.45, 7) is 0. The molecule has 8 atom stereocenters. The molecule has 26 heavy (non-hydrogen) atoms. The van der Waals surface area contributed by atoms with Crippen LogP contribution in [0.4, 0.5) is 5.69 Å². The van der Waals surface area contributed by atoms with E-state index in [2.05, 4.69) is 40.5 Å². The van der Waals surface area contributed by atoms with Crippen LogP contribution in [0, 0.1) is 23.7 Å². The van der Waals surface area contributed by atoms with Crippen molar-refractivity contribution >= 4 is 5.69 Å². The number of nitrogens with one attached hydrogen (secondary N) is 1. The van der Waals surface area contributed by atoms with Crippen LogP contribution in [0.15, 0.2) is 30.3 Å². The number of para-hydroxylation sites is 1. The van der Waals surface area contributed by atoms with Gasteiger partial charge in [0.25, 0.3) is 0 Å². The number of fused-ring (bicyclic) bond motifs is 7. The van der Waals surface area contributed by atoms with Crippen LogP contribution in [-0.4, -0.2) is 24.2 Å². The molecular weight excluding hydrogens is 316 g/mol. The highest BCUT2D eigenvalue weighted by atomic mass is 15.2. The molecule has 5 aliphatic rings. The van der Waals surface area contributed by atoms with Gasteiger partial charge in [-0.1, -0.05) is 43.9 Å². The van der Waals surface area contributed by atoms with Crippen LogP contribution in [0.1, 0.15) is 64.2 Å². The zero-order valence-electron chi connectivity index (χ0n) is 16.0. The Labute approximate surface area is 158 Å². The largest absolute Gasteiger partial charge is 0.365 e. The summed E-state index contributed by atoms with van der Waals surface area (Å²) in [4.78, 5) is 2.93. The van der Waals surface area contributed by atoms with Crippen molar-refractivity contribution in [2.75, 3.05) is 4.90 Å². The van der Waals surface area contributed by atoms with E-state index in [0.29, 0.717) is 0 Å². The molecule has 2 heterocycles. The Morgan fingerprint density at radius 3 is 2.31 bits per heavy atom. The summed E-state index contributed by atoms with van der Waals surface area (Å²) in [5.74, 6) is 3.88. The summed E-state index contributed by atoms with van der Waals surface area (Å²) in [5, 5.41) is 4.14. The zero-order valence-corrected chi connectivity index (χ0v) is 16.0. The molecule has 1 aromatic rings. The molecule has 1 N–H and O–H groups in total. The Kier molecular flexibility index (Phi) is 3.85. The van der Waals surface area contributed by atoms with Gasteiger partial charge in [-0.2, -0.15) is 0 Å². The first-order valence-corrected chi connectivity index (χ1v) is 11.5. The van der Waals surface area contributed by atoms with Crippen molar-refractivity contribution < 1.29 is 0 Å². The molecular formula is C24H34N2. The fourth-order valence-electron chi connectivity index (χ4n) is 8.20. The van der Waals surface area contributed by atoms with E-state index in [0.717, 1.165) is 47.8 Å². The van der Waals surface area contributed by atoms with Gasteiger partial charge in [-0.25, -0.2) is 0 Å². The van der Waals surface area contributed by atoms with E-state index < -0.39 is 0 Å². The van der Waals surface area contributed by atoms with Crippen molar-refractivity contribution in [3.05, 3.63) is 30.3 Å². The van der Waals surface area contributed by atoms with Crippen molar-refractivity contribution in [1.82, 2.24) is 5.32 Å². The van der Waals surface area contributed by atoms with Crippen molar-refractivity contribution in [1.29, 1.82) is 0 Å². The van der Waals surface area contributed by atoms with Gasteiger partial charge in [0, 0.05) is 29.9 Å². The predicted octanol–water partition coefficient (Wildman–Crippen LogP) is 4.99. The lowest BCUT2D eigenvalue weighted by Gasteiger charge is -2.43. The molecule has 8 unspecified atom stereocenters. The molecule has 2 aliphatic heterocycles. The van der Waals surface area contributed by atoms with E-state index >= 15 is 0 Å². The first kappa shape index (κ1) is 16.0. The average molecular weight is 351 g/mol. The molecule has 6 rings (SSSR count). The minimum Gasteiger partial charge on any atom is -0.365 e. The Balaban J connectivity index is 1.39. The minimum atomic E-state index is 0.814. The van der Waals surface area contributed by atoms with E-state index in [4.69, 9.17) is 0 Å². The van der Waals surface area contributed by atoms with E-state index in [9.17, 15) is 0 Å². The monoisotopic (exact) mass is 350 g/mol. The topological polar surface area (TPSA) is 15.3 Å². The lowest BCUT2D eigenvalue weighted by atomic mass is 9.62. The number of benzene rings is 1. The third-order valence-electron chi connectivity index (χ3n) is 8.91. The van der Waals surface area contributed by atoms with Gasteiger partial charge in [-0.05, 0) is 74.3 Å². The van der Waals surface area contributed by atoms with E-state index in [-0.39, 0.29) is 0 Å². The van der Waals surface area contributed by atoms with Crippen molar-refractivity contribution in [3.8, 4) is 0 Å². The summed E-state index contributed by atoms with van der Waals surface area (Å²) < 4.78 is 0. The maximum Gasteiger partial charge on any atom is 0.0371 e. The van der Waals surface area contributed by atoms with Gasteiger partial charge < -0.3 is 10.2 Å². The molecule has 2 nitrogen and oxygen atoms in total. The molecule has 0 bridgehead atoms. The molecule has 3 aliphatic carbocycles. The Morgan fingerprint density at radius 1 is 0.654 bits per heavy atom. The van der Waals surface area contributed by atoms with Crippen LogP contribution in [-0.2, 0) is 0 Å². The highest BCUT2D eigenvalue weighted by molar-refractivity contribution is 5.51. The van der Waals surface area contributed by atoms with Crippen LogP contribution >= 0.6 is 0 Å². The maximum atomic E-state index is 4.14. The van der Waals surface area contributed by atoms with Gasteiger partial charge in [-0.15, -0.1) is 0 Å². The second-order valence-corrected chi connectivity index (χ2v) is 9.89. The number of hydrogen-bond donors (Lipinski definition) is 1. The van der Waals surface area contributed by atoms with Crippen LogP contribution < -0.4 is 10.2 Å². The normalized spacial score (nSPS) is 47.0. The van der Waals surface area contributed by atoms with Crippen molar-refractivity contribution in [2.24, 2.45) is 23.7 Å². The van der Waals surface area contributed by atoms with Gasteiger partial charge >= 0.3 is 0 Å². The SMILES string of the molecule is c1ccc(N2C3CCCCC3C3C4C(CCC32)NC2CCCCC24)cc1. The first-order valence-electron chi connectivity index (χ1n) is 11.5. The Bertz CT molecular complexity index is 643. The molecule has 2 heteroatoms. The van der Waals surface area contributed by atoms with Gasteiger partial charge in [-0.3, -0.25) is 0 Å². The lowest BCUT2D eigenvalue weighted by Crippen LogP contribution is -2.47. The first-order chi connectivity index (χ1) is 12.9. The van der Waals surface area contributed by atoms with Crippen molar-refractivity contribution in [3.63, 3.8) is 0 Å². The number of nitrogens with zero attached hydrogens (tertiary/aromatic N) is 1. The molecule has 0 spiro atoms. The summed E-state index contributed by atoms with van der Waals surface area (Å²) in [6, 6.07) is 14.8. The van der Waals surface area contributed by atoms with Gasteiger partial charge in [0.15, 0.2) is 0 Å². The quantitative estimate of drug-likeness (QED) is 0.767. The maximum absolute atomic E-state index is 4.14. The molecule has 140 valence electrons. The van der Waals surface area contributed by atoms with E-state index in [1.54, 1.807) is 0 Å². The smallest absolute Gasteiger partial charge is 0.0371 e. The summed E-state index contributed by atoms with van der Waals surface area (Å²) >= 11 is 0. The van der Waals surface area contributed by atoms with Crippen LogP contribution in [0.5, 0.6) is 0 Å². The summed E-state index contributed by atoms with van der Waals surface area (Å²) in [6.07, 6.45) is 14.6. The molecule has 3 saturated carbocycles. The molecule has 0 amide bonds. The fraction of sp³-hybridized carbons (Fsp3) is 0.750. The third kappa shape index (κ3) is 2.27. The number of anilines is 1. The van der Waals surface area contributed by atoms with Gasteiger partial charge in [0.05, 0.1) is 0 Å². The Hall–Kier alpha value is -1.02. The van der Waals surface area contributed by atoms with Crippen LogP contribution in [0.25, 0.3) is 0 Å². The average Bonchev–Trinajstić information content (AvgIpc) is 3.24. The summed E-state index contributed by atoms with van der Waals surface area (Å²) in [7, 11) is 0. The molecule has 5 fully saturated rings. The highest BCUT2D eigenvalue weighted by Gasteiger charge is 2.59. The molecule has 0 radical (unpaired) electrons. The predicted molar refractivity (Wildman–Crippen MR) is 107 cm³/mol. The fourth-order valence-corrected chi connectivity index (χ4v) is 8.20. The minimum absolute atomic E-state index is 0.814. The van der Waals surface area contributed by atoms with E-state index in [1.165, 1.54) is 69.9 Å². The summed E-state index contributed by atoms with van der Waals surface area (Å²) in [5.41, 5.74) is 1.52. The molecule has 0 aromatic heterocycles. The van der Waals surface area contributed by atoms with Crippen LogP contribution in [0.2, 0.25) is 0 Å². The zero-order chi connectivity index (χ0) is 17.1.